The van der Waals surface area contributed by atoms with Gasteiger partial charge in [0.15, 0.2) is 4.80 Å². The summed E-state index contributed by atoms with van der Waals surface area (Å²) in [7, 11) is 0. The van der Waals surface area contributed by atoms with E-state index in [0.29, 0.717) is 33.9 Å². The molecule has 0 aliphatic rings. The Labute approximate surface area is 152 Å². The molecule has 0 aliphatic heterocycles. The summed E-state index contributed by atoms with van der Waals surface area (Å²) >= 11 is 1.27. The Hall–Kier alpha value is -3.06. The van der Waals surface area contributed by atoms with Crippen LogP contribution in [0.3, 0.4) is 0 Å². The van der Waals surface area contributed by atoms with Crippen LogP contribution >= 0.6 is 11.3 Å². The van der Waals surface area contributed by atoms with Gasteiger partial charge in [0, 0.05) is 12.7 Å². The van der Waals surface area contributed by atoms with Crippen molar-refractivity contribution < 1.29 is 9.18 Å². The van der Waals surface area contributed by atoms with Gasteiger partial charge in [-0.3, -0.25) is 9.20 Å². The molecule has 7 heteroatoms. The number of benzene rings is 1. The molecule has 0 radical (unpaired) electrons. The van der Waals surface area contributed by atoms with Crippen molar-refractivity contribution in [2.24, 2.45) is 4.99 Å². The molecular weight excluding hydrogens is 351 g/mol. The monoisotopic (exact) mass is 366 g/mol. The van der Waals surface area contributed by atoms with Gasteiger partial charge in [-0.15, -0.1) is 6.58 Å². The van der Waals surface area contributed by atoms with Crippen LogP contribution in [0.25, 0.3) is 15.9 Å². The summed E-state index contributed by atoms with van der Waals surface area (Å²) in [6.45, 7) is 5.85. The molecule has 0 spiro atoms. The van der Waals surface area contributed by atoms with Gasteiger partial charge in [0.1, 0.15) is 17.2 Å². The zero-order valence-corrected chi connectivity index (χ0v) is 14.8. The normalized spacial score (nSPS) is 12.2. The minimum atomic E-state index is -0.411. The van der Waals surface area contributed by atoms with E-state index in [1.54, 1.807) is 34.2 Å². The molecule has 5 nitrogen and oxygen atoms in total. The van der Waals surface area contributed by atoms with Gasteiger partial charge in [-0.1, -0.05) is 29.5 Å². The van der Waals surface area contributed by atoms with Crippen LogP contribution in [0.4, 0.5) is 4.39 Å². The number of hydrogen-bond acceptors (Lipinski definition) is 3. The fraction of sp³-hybridized carbons (Fsp3) is 0.105. The highest BCUT2D eigenvalue weighted by atomic mass is 32.1. The average molecular weight is 366 g/mol. The molecule has 1 aromatic carbocycles. The number of fused-ring (bicyclic) bond motifs is 2. The fourth-order valence-electron chi connectivity index (χ4n) is 2.98. The van der Waals surface area contributed by atoms with E-state index in [2.05, 4.69) is 16.6 Å². The second-order valence-electron chi connectivity index (χ2n) is 5.76. The zero-order chi connectivity index (χ0) is 18.3. The third kappa shape index (κ3) is 2.57. The predicted molar refractivity (Wildman–Crippen MR) is 99.8 cm³/mol. The minimum absolute atomic E-state index is 0.347. The molecular formula is C19H15FN4OS. The molecule has 26 heavy (non-hydrogen) atoms. The Morgan fingerprint density at radius 3 is 3.00 bits per heavy atom. The number of allylic oxidation sites excluding steroid dienone is 1. The van der Waals surface area contributed by atoms with Crippen molar-refractivity contribution in [3.63, 3.8) is 0 Å². The highest BCUT2D eigenvalue weighted by molar-refractivity contribution is 7.16. The lowest BCUT2D eigenvalue weighted by Crippen LogP contribution is -2.17. The Bertz CT molecular complexity index is 1230. The van der Waals surface area contributed by atoms with Gasteiger partial charge in [0.25, 0.3) is 5.91 Å². The summed E-state index contributed by atoms with van der Waals surface area (Å²) in [5, 5.41) is 0. The number of rotatable bonds is 3. The maximum absolute atomic E-state index is 14.3. The maximum Gasteiger partial charge on any atom is 0.298 e. The van der Waals surface area contributed by atoms with Crippen LogP contribution in [-0.4, -0.2) is 19.9 Å². The molecule has 0 aliphatic carbocycles. The number of pyridine rings is 1. The molecule has 130 valence electrons. The molecule has 0 saturated carbocycles. The molecule has 0 saturated heterocycles. The van der Waals surface area contributed by atoms with Crippen LogP contribution in [-0.2, 0) is 6.54 Å². The second-order valence-corrected chi connectivity index (χ2v) is 6.77. The number of aromatic nitrogens is 3. The molecule has 1 amide bonds. The van der Waals surface area contributed by atoms with Crippen LogP contribution in [0.1, 0.15) is 16.2 Å². The Kier molecular flexibility index (Phi) is 4.00. The number of amides is 1. The summed E-state index contributed by atoms with van der Waals surface area (Å²) < 4.78 is 18.4. The SMILES string of the molecule is C=CCn1c(=NC(=O)c2c(C)nc3ccccn23)sc2cccc(F)c21. The Morgan fingerprint density at radius 2 is 2.19 bits per heavy atom. The number of para-hydroxylation sites is 1. The largest absolute Gasteiger partial charge is 0.310 e. The molecule has 0 unspecified atom stereocenters. The molecule has 3 aromatic heterocycles. The summed E-state index contributed by atoms with van der Waals surface area (Å²) in [5.74, 6) is -0.758. The zero-order valence-electron chi connectivity index (χ0n) is 14.0. The highest BCUT2D eigenvalue weighted by Gasteiger charge is 2.17. The van der Waals surface area contributed by atoms with E-state index in [1.165, 1.54) is 17.4 Å². The third-order valence-electron chi connectivity index (χ3n) is 4.07. The number of nitrogens with zero attached hydrogens (tertiary/aromatic N) is 4. The van der Waals surface area contributed by atoms with Crippen LogP contribution in [0, 0.1) is 12.7 Å². The van der Waals surface area contributed by atoms with Crippen molar-refractivity contribution in [2.45, 2.75) is 13.5 Å². The molecule has 0 N–H and O–H groups in total. The van der Waals surface area contributed by atoms with E-state index in [-0.39, 0.29) is 5.82 Å². The fourth-order valence-corrected chi connectivity index (χ4v) is 4.03. The van der Waals surface area contributed by atoms with Crippen molar-refractivity contribution >= 4 is 33.1 Å². The van der Waals surface area contributed by atoms with Crippen molar-refractivity contribution in [1.29, 1.82) is 0 Å². The van der Waals surface area contributed by atoms with Gasteiger partial charge < -0.3 is 4.57 Å². The number of carbonyl (C=O) groups is 1. The topological polar surface area (TPSA) is 51.7 Å². The van der Waals surface area contributed by atoms with Gasteiger partial charge in [-0.2, -0.15) is 4.99 Å². The molecule has 0 atom stereocenters. The number of halogens is 1. The first-order valence-corrected chi connectivity index (χ1v) is 8.83. The molecule has 4 aromatic rings. The lowest BCUT2D eigenvalue weighted by atomic mass is 10.3. The predicted octanol–water partition coefficient (Wildman–Crippen LogP) is 3.73. The van der Waals surface area contributed by atoms with Gasteiger partial charge in [0.05, 0.1) is 15.9 Å². The van der Waals surface area contributed by atoms with Crippen LogP contribution < -0.4 is 4.80 Å². The molecule has 4 rings (SSSR count). The Morgan fingerprint density at radius 1 is 1.35 bits per heavy atom. The van der Waals surface area contributed by atoms with Gasteiger partial charge in [-0.25, -0.2) is 9.37 Å². The van der Waals surface area contributed by atoms with Crippen LogP contribution in [0.5, 0.6) is 0 Å². The molecule has 0 bridgehead atoms. The quantitative estimate of drug-likeness (QED) is 0.519. The number of hydrogen-bond donors (Lipinski definition) is 0. The van der Waals surface area contributed by atoms with E-state index < -0.39 is 5.91 Å². The van der Waals surface area contributed by atoms with Crippen molar-refractivity contribution in [3.05, 3.63) is 77.3 Å². The summed E-state index contributed by atoms with van der Waals surface area (Å²) in [6.07, 6.45) is 3.43. The summed E-state index contributed by atoms with van der Waals surface area (Å²) in [4.78, 5) is 22.0. The second kappa shape index (κ2) is 6.34. The first-order valence-electron chi connectivity index (χ1n) is 8.01. The molecule has 3 heterocycles. The summed E-state index contributed by atoms with van der Waals surface area (Å²) in [5.41, 5.74) is 2.12. The van der Waals surface area contributed by atoms with Gasteiger partial charge >= 0.3 is 0 Å². The minimum Gasteiger partial charge on any atom is -0.310 e. The van der Waals surface area contributed by atoms with E-state index in [0.717, 1.165) is 4.70 Å². The number of thiazole rings is 1. The van der Waals surface area contributed by atoms with Gasteiger partial charge in [-0.05, 0) is 31.2 Å². The van der Waals surface area contributed by atoms with E-state index in [1.807, 2.05) is 24.3 Å². The van der Waals surface area contributed by atoms with Crippen molar-refractivity contribution in [3.8, 4) is 0 Å². The maximum atomic E-state index is 14.3. The Balaban J connectivity index is 1.94. The third-order valence-corrected chi connectivity index (χ3v) is 5.11. The van der Waals surface area contributed by atoms with Crippen LogP contribution in [0.2, 0.25) is 0 Å². The highest BCUT2D eigenvalue weighted by Crippen LogP contribution is 2.21. The van der Waals surface area contributed by atoms with Crippen molar-refractivity contribution in [2.75, 3.05) is 0 Å². The average Bonchev–Trinajstić information content (AvgIpc) is 3.13. The number of carbonyl (C=O) groups excluding carboxylic acids is 1. The standard InChI is InChI=1S/C19H15FN4OS/c1-3-10-24-17-13(20)7-6-8-14(17)26-19(24)22-18(25)16-12(2)21-15-9-4-5-11-23(15)16/h3-9,11H,1,10H2,2H3. The van der Waals surface area contributed by atoms with Gasteiger partial charge in [0.2, 0.25) is 0 Å². The molecule has 0 fully saturated rings. The van der Waals surface area contributed by atoms with Crippen molar-refractivity contribution in [1.82, 2.24) is 14.0 Å². The first-order chi connectivity index (χ1) is 12.6. The van der Waals surface area contributed by atoms with E-state index >= 15 is 0 Å². The first kappa shape index (κ1) is 16.4. The number of imidazole rings is 1. The summed E-state index contributed by atoms with van der Waals surface area (Å²) in [6, 6.07) is 10.4. The van der Waals surface area contributed by atoms with Crippen LogP contribution in [0.15, 0.2) is 60.2 Å². The number of aryl methyl sites for hydroxylation is 1. The van der Waals surface area contributed by atoms with E-state index in [9.17, 15) is 9.18 Å². The lowest BCUT2D eigenvalue weighted by Gasteiger charge is -2.02. The van der Waals surface area contributed by atoms with E-state index in [4.69, 9.17) is 0 Å². The smallest absolute Gasteiger partial charge is 0.298 e. The lowest BCUT2D eigenvalue weighted by molar-refractivity contribution is 0.0991.